The minimum Gasteiger partial charge on any atom is -0.392 e. The summed E-state index contributed by atoms with van der Waals surface area (Å²) in [5, 5.41) is 9.27. The molecule has 2 rings (SSSR count). The molecule has 0 spiro atoms. The van der Waals surface area contributed by atoms with Crippen LogP contribution in [0.3, 0.4) is 0 Å². The minimum atomic E-state index is -3.52. The van der Waals surface area contributed by atoms with Gasteiger partial charge in [0, 0.05) is 11.6 Å². The molecule has 0 bridgehead atoms. The lowest BCUT2D eigenvalue weighted by Crippen LogP contribution is -2.29. The van der Waals surface area contributed by atoms with E-state index in [2.05, 4.69) is 11.6 Å². The molecule has 1 aromatic rings. The first-order valence-corrected chi connectivity index (χ1v) is 8.19. The van der Waals surface area contributed by atoms with Crippen LogP contribution in [0.4, 0.5) is 0 Å². The van der Waals surface area contributed by atoms with E-state index >= 15 is 0 Å². The van der Waals surface area contributed by atoms with Crippen LogP contribution in [0.15, 0.2) is 23.1 Å². The molecule has 0 aromatic heterocycles. The van der Waals surface area contributed by atoms with Crippen molar-refractivity contribution in [2.75, 3.05) is 6.54 Å². The largest absolute Gasteiger partial charge is 0.392 e. The summed E-state index contributed by atoms with van der Waals surface area (Å²) < 4.78 is 26.8. The van der Waals surface area contributed by atoms with Crippen LogP contribution in [0, 0.1) is 11.8 Å². The fraction of sp³-hybridized carbons (Fsp3) is 0.538. The van der Waals surface area contributed by atoms with Crippen LogP contribution in [0.5, 0.6) is 0 Å². The Hall–Kier alpha value is -0.620. The molecule has 0 amide bonds. The molecule has 0 aliphatic heterocycles. The van der Waals surface area contributed by atoms with Crippen molar-refractivity contribution < 1.29 is 13.5 Å². The third-order valence-corrected chi connectivity index (χ3v) is 5.30. The quantitative estimate of drug-likeness (QED) is 0.846. The first kappa shape index (κ1) is 14.8. The van der Waals surface area contributed by atoms with Crippen molar-refractivity contribution in [2.45, 2.75) is 31.3 Å². The zero-order valence-electron chi connectivity index (χ0n) is 10.8. The maximum Gasteiger partial charge on any atom is 0.240 e. The predicted octanol–water partition coefficient (Wildman–Crippen LogP) is 2.16. The molecule has 1 aromatic carbocycles. The van der Waals surface area contributed by atoms with E-state index in [-0.39, 0.29) is 16.5 Å². The van der Waals surface area contributed by atoms with E-state index in [9.17, 15) is 8.42 Å². The van der Waals surface area contributed by atoms with Crippen LogP contribution in [-0.2, 0) is 16.6 Å². The summed E-state index contributed by atoms with van der Waals surface area (Å²) in [4.78, 5) is 0.137. The number of rotatable bonds is 6. The van der Waals surface area contributed by atoms with Crippen molar-refractivity contribution in [1.29, 1.82) is 0 Å². The van der Waals surface area contributed by atoms with Gasteiger partial charge in [-0.05, 0) is 42.4 Å². The Bertz CT molecular complexity index is 555. The summed E-state index contributed by atoms with van der Waals surface area (Å²) in [5.74, 6) is 1.02. The molecule has 1 fully saturated rings. The highest BCUT2D eigenvalue weighted by atomic mass is 35.5. The second kappa shape index (κ2) is 5.79. The Balaban J connectivity index is 2.07. The summed E-state index contributed by atoms with van der Waals surface area (Å²) in [6.45, 7) is 2.31. The molecule has 1 atom stereocenters. The van der Waals surface area contributed by atoms with Gasteiger partial charge >= 0.3 is 0 Å². The van der Waals surface area contributed by atoms with Gasteiger partial charge in [0.05, 0.1) is 11.5 Å². The van der Waals surface area contributed by atoms with Gasteiger partial charge in [-0.1, -0.05) is 24.6 Å². The lowest BCUT2D eigenvalue weighted by atomic mass is 10.1. The fourth-order valence-electron chi connectivity index (χ4n) is 1.98. The van der Waals surface area contributed by atoms with Crippen molar-refractivity contribution in [3.05, 3.63) is 28.8 Å². The first-order valence-electron chi connectivity index (χ1n) is 6.33. The van der Waals surface area contributed by atoms with E-state index in [1.165, 1.54) is 31.0 Å². The van der Waals surface area contributed by atoms with E-state index in [1.807, 2.05) is 0 Å². The summed E-state index contributed by atoms with van der Waals surface area (Å²) in [7, 11) is -3.52. The van der Waals surface area contributed by atoms with Gasteiger partial charge in [-0.2, -0.15) is 0 Å². The van der Waals surface area contributed by atoms with Crippen LogP contribution in [0.1, 0.15) is 25.3 Å². The molecule has 4 nitrogen and oxygen atoms in total. The molecule has 19 heavy (non-hydrogen) atoms. The highest BCUT2D eigenvalue weighted by Crippen LogP contribution is 2.36. The number of nitrogens with one attached hydrogen (secondary N) is 1. The molecule has 0 radical (unpaired) electrons. The number of hydrogen-bond donors (Lipinski definition) is 2. The summed E-state index contributed by atoms with van der Waals surface area (Å²) >= 11 is 5.91. The predicted molar refractivity (Wildman–Crippen MR) is 74.5 cm³/mol. The number of halogens is 1. The molecular formula is C13H18ClNO3S. The van der Waals surface area contributed by atoms with E-state index < -0.39 is 10.0 Å². The van der Waals surface area contributed by atoms with Gasteiger partial charge in [0.1, 0.15) is 0 Å². The highest BCUT2D eigenvalue weighted by molar-refractivity contribution is 7.89. The molecule has 2 N–H and O–H groups in total. The lowest BCUT2D eigenvalue weighted by Gasteiger charge is -2.12. The maximum atomic E-state index is 12.1. The van der Waals surface area contributed by atoms with Crippen molar-refractivity contribution in [3.63, 3.8) is 0 Å². The third kappa shape index (κ3) is 3.69. The van der Waals surface area contributed by atoms with Crippen LogP contribution in [-0.4, -0.2) is 20.1 Å². The van der Waals surface area contributed by atoms with E-state index in [0.717, 1.165) is 0 Å². The second-order valence-electron chi connectivity index (χ2n) is 5.08. The lowest BCUT2D eigenvalue weighted by molar-refractivity contribution is 0.282. The van der Waals surface area contributed by atoms with Crippen LogP contribution in [0.25, 0.3) is 0 Å². The van der Waals surface area contributed by atoms with Crippen LogP contribution < -0.4 is 4.72 Å². The van der Waals surface area contributed by atoms with Gasteiger partial charge < -0.3 is 5.11 Å². The Morgan fingerprint density at radius 3 is 2.68 bits per heavy atom. The van der Waals surface area contributed by atoms with E-state index in [0.29, 0.717) is 23.9 Å². The molecule has 106 valence electrons. The smallest absolute Gasteiger partial charge is 0.240 e. The summed E-state index contributed by atoms with van der Waals surface area (Å²) in [5.41, 5.74) is 0.520. The number of sulfonamides is 1. The van der Waals surface area contributed by atoms with Gasteiger partial charge in [-0.25, -0.2) is 13.1 Å². The highest BCUT2D eigenvalue weighted by Gasteiger charge is 2.28. The summed E-state index contributed by atoms with van der Waals surface area (Å²) in [6.07, 6.45) is 2.39. The molecular weight excluding hydrogens is 286 g/mol. The molecule has 1 aliphatic carbocycles. The Kier molecular flexibility index (Phi) is 4.50. The number of aliphatic hydroxyl groups excluding tert-OH is 1. The number of benzene rings is 1. The summed E-state index contributed by atoms with van der Waals surface area (Å²) in [6, 6.07) is 4.36. The standard InChI is InChI=1S/C13H18ClNO3S/c1-9(10-2-3-10)7-15-19(17,18)12-5-4-11(8-16)13(14)6-12/h4-6,9-10,15-16H,2-3,7-8H2,1H3. The van der Waals surface area contributed by atoms with Gasteiger partial charge in [0.25, 0.3) is 0 Å². The molecule has 1 unspecified atom stereocenters. The molecule has 0 heterocycles. The Labute approximate surface area is 118 Å². The van der Waals surface area contributed by atoms with Crippen molar-refractivity contribution in [2.24, 2.45) is 11.8 Å². The van der Waals surface area contributed by atoms with Crippen molar-refractivity contribution in [3.8, 4) is 0 Å². The third-order valence-electron chi connectivity index (χ3n) is 3.53. The molecule has 6 heteroatoms. The number of hydrogen-bond acceptors (Lipinski definition) is 3. The average Bonchev–Trinajstić information content (AvgIpc) is 3.20. The van der Waals surface area contributed by atoms with E-state index in [4.69, 9.17) is 16.7 Å². The Morgan fingerprint density at radius 1 is 1.47 bits per heavy atom. The van der Waals surface area contributed by atoms with Crippen molar-refractivity contribution >= 4 is 21.6 Å². The van der Waals surface area contributed by atoms with Crippen molar-refractivity contribution in [1.82, 2.24) is 4.72 Å². The first-order chi connectivity index (χ1) is 8.94. The second-order valence-corrected chi connectivity index (χ2v) is 7.25. The van der Waals surface area contributed by atoms with Gasteiger partial charge in [0.2, 0.25) is 10.0 Å². The van der Waals surface area contributed by atoms with Gasteiger partial charge in [0.15, 0.2) is 0 Å². The van der Waals surface area contributed by atoms with Gasteiger partial charge in [-0.3, -0.25) is 0 Å². The fourth-order valence-corrected chi connectivity index (χ4v) is 3.45. The molecule has 1 saturated carbocycles. The van der Waals surface area contributed by atoms with Gasteiger partial charge in [-0.15, -0.1) is 0 Å². The topological polar surface area (TPSA) is 66.4 Å². The van der Waals surface area contributed by atoms with Crippen LogP contribution >= 0.6 is 11.6 Å². The Morgan fingerprint density at radius 2 is 2.16 bits per heavy atom. The monoisotopic (exact) mass is 303 g/mol. The SMILES string of the molecule is CC(CNS(=O)(=O)c1ccc(CO)c(Cl)c1)C1CC1. The zero-order chi connectivity index (χ0) is 14.0. The maximum absolute atomic E-state index is 12.1. The molecule has 0 saturated heterocycles. The normalized spacial score (nSPS) is 17.4. The average molecular weight is 304 g/mol. The molecule has 1 aliphatic rings. The number of aliphatic hydroxyl groups is 1. The zero-order valence-corrected chi connectivity index (χ0v) is 12.3. The minimum absolute atomic E-state index is 0.137. The van der Waals surface area contributed by atoms with E-state index in [1.54, 1.807) is 0 Å². The van der Waals surface area contributed by atoms with Crippen LogP contribution in [0.2, 0.25) is 5.02 Å².